The molecule has 3 rings (SSSR count). The molecule has 0 aromatic heterocycles. The lowest BCUT2D eigenvalue weighted by Crippen LogP contribution is -2.65. The molecule has 0 aliphatic carbocycles. The Morgan fingerprint density at radius 2 is 1.00 bits per heavy atom. The molecule has 0 radical (unpaired) electrons. The average molecular weight is 488 g/mol. The SMILES string of the molecule is OC[C@@H]1OC[C@H](O[C@H]2O[C@H](CO)[C@@H](O)[C@H](O)[C@H]2O)[C@@H](O[C@@H]2O[C@H](CO)[C@@H](O)[C@H](O)[C@H]2O)[C@H]1O. The van der Waals surface area contributed by atoms with E-state index in [1.165, 1.54) is 0 Å². The summed E-state index contributed by atoms with van der Waals surface area (Å²) in [7, 11) is 0. The van der Waals surface area contributed by atoms with Crippen LogP contribution in [0.15, 0.2) is 0 Å². The van der Waals surface area contributed by atoms with Gasteiger partial charge in [0.05, 0.1) is 26.4 Å². The number of aliphatic hydroxyl groups excluding tert-OH is 10. The molecule has 3 saturated heterocycles. The first-order valence-corrected chi connectivity index (χ1v) is 10.5. The molecule has 15 nitrogen and oxygen atoms in total. The van der Waals surface area contributed by atoms with Crippen molar-refractivity contribution < 1.29 is 74.7 Å². The van der Waals surface area contributed by atoms with Gasteiger partial charge in [-0.25, -0.2) is 0 Å². The van der Waals surface area contributed by atoms with Crippen molar-refractivity contribution in [2.45, 2.75) is 85.8 Å². The summed E-state index contributed by atoms with van der Waals surface area (Å²) in [6.45, 7) is -2.38. The Balaban J connectivity index is 1.77. The van der Waals surface area contributed by atoms with Gasteiger partial charge in [-0.1, -0.05) is 0 Å². The summed E-state index contributed by atoms with van der Waals surface area (Å²) in [5.74, 6) is 0. The number of ether oxygens (including phenoxy) is 5. The number of aliphatic hydroxyl groups is 10. The second-order valence-electron chi connectivity index (χ2n) is 8.21. The molecule has 3 aliphatic rings. The van der Waals surface area contributed by atoms with Crippen LogP contribution in [0.3, 0.4) is 0 Å². The van der Waals surface area contributed by atoms with Crippen LogP contribution in [-0.4, -0.2) is 163 Å². The van der Waals surface area contributed by atoms with Crippen molar-refractivity contribution in [1.82, 2.24) is 0 Å². The van der Waals surface area contributed by atoms with Gasteiger partial charge in [0.15, 0.2) is 12.6 Å². The van der Waals surface area contributed by atoms with Crippen LogP contribution in [0.1, 0.15) is 0 Å². The normalized spacial score (nSPS) is 51.5. The predicted octanol–water partition coefficient (Wildman–Crippen LogP) is -6.89. The summed E-state index contributed by atoms with van der Waals surface area (Å²) in [5.41, 5.74) is 0. The summed E-state index contributed by atoms with van der Waals surface area (Å²) >= 11 is 0. The quantitative estimate of drug-likeness (QED) is 0.160. The van der Waals surface area contributed by atoms with E-state index < -0.39 is 106 Å². The van der Waals surface area contributed by atoms with E-state index in [-0.39, 0.29) is 6.61 Å². The fourth-order valence-corrected chi connectivity index (χ4v) is 3.98. The summed E-state index contributed by atoms with van der Waals surface area (Å²) in [5, 5.41) is 99.0. The molecule has 0 unspecified atom stereocenters. The molecule has 3 fully saturated rings. The van der Waals surface area contributed by atoms with E-state index in [1.54, 1.807) is 0 Å². The maximum Gasteiger partial charge on any atom is 0.187 e. The van der Waals surface area contributed by atoms with Crippen LogP contribution in [0.25, 0.3) is 0 Å². The molecule has 10 N–H and O–H groups in total. The number of hydrogen-bond donors (Lipinski definition) is 10. The summed E-state index contributed by atoms with van der Waals surface area (Å²) in [6.07, 6.45) is -21.5. The van der Waals surface area contributed by atoms with Crippen molar-refractivity contribution in [3.8, 4) is 0 Å². The first-order valence-electron chi connectivity index (χ1n) is 10.5. The Morgan fingerprint density at radius 1 is 0.545 bits per heavy atom. The van der Waals surface area contributed by atoms with Gasteiger partial charge in [-0.05, 0) is 0 Å². The molecule has 0 bridgehead atoms. The van der Waals surface area contributed by atoms with Crippen molar-refractivity contribution in [3.05, 3.63) is 0 Å². The Morgan fingerprint density at radius 3 is 1.45 bits per heavy atom. The Bertz CT molecular complexity index is 607. The molecule has 0 aromatic carbocycles. The summed E-state index contributed by atoms with van der Waals surface area (Å²) < 4.78 is 27.1. The molecule has 33 heavy (non-hydrogen) atoms. The predicted molar refractivity (Wildman–Crippen MR) is 100 cm³/mol. The molecule has 15 heteroatoms. The largest absolute Gasteiger partial charge is 0.394 e. The Kier molecular flexibility index (Phi) is 9.35. The smallest absolute Gasteiger partial charge is 0.187 e. The molecule has 194 valence electrons. The number of hydrogen-bond acceptors (Lipinski definition) is 15. The van der Waals surface area contributed by atoms with Gasteiger partial charge in [0.25, 0.3) is 0 Å². The van der Waals surface area contributed by atoms with Crippen molar-refractivity contribution in [1.29, 1.82) is 0 Å². The van der Waals surface area contributed by atoms with E-state index in [0.29, 0.717) is 0 Å². The highest BCUT2D eigenvalue weighted by Crippen LogP contribution is 2.30. The first-order chi connectivity index (χ1) is 15.6. The van der Waals surface area contributed by atoms with Gasteiger partial charge < -0.3 is 74.7 Å². The van der Waals surface area contributed by atoms with Crippen LogP contribution < -0.4 is 0 Å². The molecule has 3 aliphatic heterocycles. The van der Waals surface area contributed by atoms with E-state index in [4.69, 9.17) is 23.7 Å². The van der Waals surface area contributed by atoms with Gasteiger partial charge >= 0.3 is 0 Å². The highest BCUT2D eigenvalue weighted by Gasteiger charge is 2.51. The molecule has 3 heterocycles. The van der Waals surface area contributed by atoms with Gasteiger partial charge in [0.1, 0.15) is 73.2 Å². The minimum absolute atomic E-state index is 0.334. The van der Waals surface area contributed by atoms with Crippen LogP contribution in [-0.2, 0) is 23.7 Å². The molecular formula is C18H32O15. The van der Waals surface area contributed by atoms with Crippen molar-refractivity contribution in [3.63, 3.8) is 0 Å². The van der Waals surface area contributed by atoms with E-state index in [2.05, 4.69) is 0 Å². The Labute approximate surface area is 187 Å². The van der Waals surface area contributed by atoms with Gasteiger partial charge in [-0.15, -0.1) is 0 Å². The summed E-state index contributed by atoms with van der Waals surface area (Å²) in [6, 6.07) is 0. The lowest BCUT2D eigenvalue weighted by atomic mass is 9.97. The first kappa shape index (κ1) is 27.0. The molecule has 14 atom stereocenters. The van der Waals surface area contributed by atoms with Crippen LogP contribution in [0.2, 0.25) is 0 Å². The second-order valence-corrected chi connectivity index (χ2v) is 8.21. The third-order valence-corrected chi connectivity index (χ3v) is 6.04. The zero-order chi connectivity index (χ0) is 24.4. The maximum atomic E-state index is 10.6. The summed E-state index contributed by atoms with van der Waals surface area (Å²) in [4.78, 5) is 0. The fourth-order valence-electron chi connectivity index (χ4n) is 3.98. The zero-order valence-corrected chi connectivity index (χ0v) is 17.4. The second kappa shape index (κ2) is 11.4. The van der Waals surface area contributed by atoms with E-state index >= 15 is 0 Å². The lowest BCUT2D eigenvalue weighted by Gasteiger charge is -2.46. The van der Waals surface area contributed by atoms with Gasteiger partial charge in [-0.3, -0.25) is 0 Å². The van der Waals surface area contributed by atoms with Crippen molar-refractivity contribution in [2.75, 3.05) is 26.4 Å². The minimum Gasteiger partial charge on any atom is -0.394 e. The maximum absolute atomic E-state index is 10.6. The highest BCUT2D eigenvalue weighted by atomic mass is 16.7. The van der Waals surface area contributed by atoms with Gasteiger partial charge in [-0.2, -0.15) is 0 Å². The monoisotopic (exact) mass is 488 g/mol. The van der Waals surface area contributed by atoms with Crippen LogP contribution in [0.4, 0.5) is 0 Å². The molecule has 0 amide bonds. The lowest BCUT2D eigenvalue weighted by molar-refractivity contribution is -0.362. The Hall–Kier alpha value is -0.600. The van der Waals surface area contributed by atoms with Crippen molar-refractivity contribution in [2.24, 2.45) is 0 Å². The third kappa shape index (κ3) is 5.48. The minimum atomic E-state index is -1.79. The van der Waals surface area contributed by atoms with Crippen molar-refractivity contribution >= 4 is 0 Å². The topological polar surface area (TPSA) is 248 Å². The van der Waals surface area contributed by atoms with E-state index in [9.17, 15) is 51.1 Å². The molecule has 0 aromatic rings. The van der Waals surface area contributed by atoms with E-state index in [1.807, 2.05) is 0 Å². The molecular weight excluding hydrogens is 456 g/mol. The van der Waals surface area contributed by atoms with Crippen LogP contribution in [0.5, 0.6) is 0 Å². The van der Waals surface area contributed by atoms with E-state index in [0.717, 1.165) is 0 Å². The number of rotatable bonds is 7. The molecule has 0 saturated carbocycles. The third-order valence-electron chi connectivity index (χ3n) is 6.04. The average Bonchev–Trinajstić information content (AvgIpc) is 2.81. The standard InChI is InChI=1S/C18H32O15/c19-1-5-11(24)16(33-18-15(28)13(26)10(23)7(3-21)31-18)8(4-29-5)32-17-14(27)12(25)9(22)6(2-20)30-17/h5-28H,1-4H2/t5-,6+,7+,8-,9+,10+,11-,12-,13-,14+,15+,16+,17+,18-/m0/s1. The fraction of sp³-hybridized carbons (Fsp3) is 1.00. The van der Waals surface area contributed by atoms with Gasteiger partial charge in [0.2, 0.25) is 0 Å². The molecule has 0 spiro atoms. The zero-order valence-electron chi connectivity index (χ0n) is 17.4. The van der Waals surface area contributed by atoms with Gasteiger partial charge in [0, 0.05) is 0 Å². The van der Waals surface area contributed by atoms with Crippen LogP contribution in [0, 0.1) is 0 Å². The van der Waals surface area contributed by atoms with Crippen LogP contribution >= 0.6 is 0 Å². The highest BCUT2D eigenvalue weighted by molar-refractivity contribution is 4.95.